The lowest BCUT2D eigenvalue weighted by Crippen LogP contribution is -2.82. The van der Waals surface area contributed by atoms with Crippen LogP contribution >= 0.6 is 35.2 Å². The monoisotopic (exact) mass is 372 g/mol. The quantitative estimate of drug-likeness (QED) is 0.399. The van der Waals surface area contributed by atoms with Crippen molar-refractivity contribution in [1.82, 2.24) is 0 Å². The van der Waals surface area contributed by atoms with Gasteiger partial charge >= 0.3 is 0 Å². The molecular formula is C16H21IS. The zero-order valence-corrected chi connectivity index (χ0v) is 14.0. The molecule has 6 fully saturated rings. The maximum absolute atomic E-state index is 4.93. The van der Waals surface area contributed by atoms with Gasteiger partial charge in [-0.3, -0.25) is 0 Å². The molecule has 6 rings (SSSR count). The van der Waals surface area contributed by atoms with E-state index in [1.165, 1.54) is 12.3 Å². The van der Waals surface area contributed by atoms with Crippen molar-refractivity contribution in [3.63, 3.8) is 0 Å². The summed E-state index contributed by atoms with van der Waals surface area (Å²) in [5, 5.41) is 0.662. The molecule has 0 nitrogen and oxygen atoms in total. The fourth-order valence-corrected chi connectivity index (χ4v) is 12.0. The molecule has 0 saturated heterocycles. The Morgan fingerprint density at radius 2 is 2.06 bits per heavy atom. The summed E-state index contributed by atoms with van der Waals surface area (Å²) in [5.41, 5.74) is 2.49. The lowest BCUT2D eigenvalue weighted by molar-refractivity contribution is -0.378. The lowest BCUT2D eigenvalue weighted by atomic mass is 9.19. The number of hydrogen-bond acceptors (Lipinski definition) is 1. The smallest absolute Gasteiger partial charge is 0.0246 e. The highest BCUT2D eigenvalue weighted by Gasteiger charge is 3.07. The van der Waals surface area contributed by atoms with Gasteiger partial charge in [0.05, 0.1) is 0 Å². The topological polar surface area (TPSA) is 0 Å². The first-order chi connectivity index (χ1) is 8.66. The molecular weight excluding hydrogens is 351 g/mol. The van der Waals surface area contributed by atoms with Crippen LogP contribution in [0.2, 0.25) is 0 Å². The minimum atomic E-state index is 0.662. The van der Waals surface area contributed by atoms with Gasteiger partial charge in [-0.1, -0.05) is 35.9 Å². The summed E-state index contributed by atoms with van der Waals surface area (Å²) in [6.07, 6.45) is 7.78. The first-order valence-electron chi connectivity index (χ1n) is 7.98. The van der Waals surface area contributed by atoms with Crippen LogP contribution < -0.4 is 0 Å². The van der Waals surface area contributed by atoms with Crippen LogP contribution in [0.15, 0.2) is 0 Å². The van der Waals surface area contributed by atoms with Crippen molar-refractivity contribution in [2.75, 3.05) is 0 Å². The average Bonchev–Trinajstić information content (AvgIpc) is 2.62. The highest BCUT2D eigenvalue weighted by Crippen LogP contribution is 3.09. The molecule has 98 valence electrons. The Labute approximate surface area is 129 Å². The minimum absolute atomic E-state index is 0.662. The third kappa shape index (κ3) is 0.596. The molecule has 0 aliphatic heterocycles. The van der Waals surface area contributed by atoms with Crippen LogP contribution in [0.25, 0.3) is 0 Å². The predicted octanol–water partition coefficient (Wildman–Crippen LogP) is 4.18. The first-order valence-corrected chi connectivity index (χ1v) is 9.74. The summed E-state index contributed by atoms with van der Waals surface area (Å²) < 4.78 is 1.07. The van der Waals surface area contributed by atoms with Gasteiger partial charge in [-0.05, 0) is 71.5 Å². The van der Waals surface area contributed by atoms with E-state index in [0.29, 0.717) is 10.7 Å². The second kappa shape index (κ2) is 2.60. The Bertz CT molecular complexity index is 489. The van der Waals surface area contributed by atoms with Crippen LogP contribution in [0.5, 0.6) is 0 Å². The number of rotatable bonds is 1. The highest BCUT2D eigenvalue weighted by atomic mass is 127. The van der Waals surface area contributed by atoms with Crippen LogP contribution in [0.4, 0.5) is 0 Å². The molecule has 18 heavy (non-hydrogen) atoms. The fourth-order valence-electron chi connectivity index (χ4n) is 8.94. The van der Waals surface area contributed by atoms with E-state index < -0.39 is 0 Å². The number of alkyl halides is 1. The average molecular weight is 372 g/mol. The van der Waals surface area contributed by atoms with Crippen LogP contribution in [-0.4, -0.2) is 9.17 Å². The Kier molecular flexibility index (Phi) is 1.55. The van der Waals surface area contributed by atoms with Gasteiger partial charge in [0.1, 0.15) is 0 Å². The molecule has 2 spiro atoms. The highest BCUT2D eigenvalue weighted by molar-refractivity contribution is 14.1. The maximum atomic E-state index is 4.93. The summed E-state index contributed by atoms with van der Waals surface area (Å²) in [4.78, 5) is 0. The van der Waals surface area contributed by atoms with Crippen LogP contribution in [0, 0.1) is 45.8 Å². The first kappa shape index (κ1) is 10.8. The lowest BCUT2D eigenvalue weighted by Gasteiger charge is -2.85. The third-order valence-electron chi connectivity index (χ3n) is 9.02. The second-order valence-electron chi connectivity index (χ2n) is 8.31. The maximum Gasteiger partial charge on any atom is 0.0246 e. The van der Waals surface area contributed by atoms with Crippen molar-refractivity contribution >= 4 is 35.2 Å². The molecule has 0 N–H and O–H groups in total. The summed E-state index contributed by atoms with van der Waals surface area (Å²) >= 11 is 7.80. The fraction of sp³-hybridized carbons (Fsp3) is 1.00. The molecule has 0 bridgehead atoms. The summed E-state index contributed by atoms with van der Waals surface area (Å²) in [6.45, 7) is 2.40. The number of halogens is 1. The molecule has 0 aromatic rings. The standard InChI is InChI=1S/C16H21IS/c1-7(18)14-6-5-10(14)16-12(14)11-8-3-2-4-9(8)15(11,16)13(16)17/h7-13,18H,2-6H2,1H3/t7-,8?,9?,10?,11?,12?,13?,14?,15-,16?/m1/s1. The van der Waals surface area contributed by atoms with Crippen molar-refractivity contribution < 1.29 is 0 Å². The normalized spacial score (nSPS) is 78.2. The molecule has 6 aliphatic carbocycles. The molecule has 0 aromatic carbocycles. The zero-order valence-electron chi connectivity index (χ0n) is 10.9. The van der Waals surface area contributed by atoms with Crippen LogP contribution in [0.1, 0.15) is 39.0 Å². The van der Waals surface area contributed by atoms with Crippen molar-refractivity contribution in [3.8, 4) is 0 Å². The Morgan fingerprint density at radius 3 is 2.72 bits per heavy atom. The van der Waals surface area contributed by atoms with Crippen LogP contribution in [0.3, 0.4) is 0 Å². The van der Waals surface area contributed by atoms with Crippen molar-refractivity contribution in [1.29, 1.82) is 0 Å². The third-order valence-corrected chi connectivity index (χ3v) is 11.6. The van der Waals surface area contributed by atoms with Gasteiger partial charge in [-0.2, -0.15) is 12.6 Å². The summed E-state index contributed by atoms with van der Waals surface area (Å²) in [7, 11) is 0. The predicted molar refractivity (Wildman–Crippen MR) is 84.1 cm³/mol. The van der Waals surface area contributed by atoms with Crippen molar-refractivity contribution in [2.45, 2.75) is 48.2 Å². The van der Waals surface area contributed by atoms with E-state index in [0.717, 1.165) is 38.4 Å². The van der Waals surface area contributed by atoms with E-state index in [1.807, 2.05) is 0 Å². The van der Waals surface area contributed by atoms with Crippen molar-refractivity contribution in [2.24, 2.45) is 45.8 Å². The van der Waals surface area contributed by atoms with E-state index in [2.05, 4.69) is 29.5 Å². The summed E-state index contributed by atoms with van der Waals surface area (Å²) in [5.74, 6) is 5.72. The molecule has 0 aromatic heterocycles. The molecule has 6 saturated carbocycles. The van der Waals surface area contributed by atoms with Crippen molar-refractivity contribution in [3.05, 3.63) is 0 Å². The zero-order chi connectivity index (χ0) is 12.1. The number of hydrogen-bond donors (Lipinski definition) is 1. The van der Waals surface area contributed by atoms with Gasteiger partial charge in [-0.15, -0.1) is 0 Å². The van der Waals surface area contributed by atoms with E-state index in [9.17, 15) is 0 Å². The molecule has 0 radical (unpaired) electrons. The Hall–Kier alpha value is 1.08. The molecule has 0 heterocycles. The van der Waals surface area contributed by atoms with E-state index in [1.54, 1.807) is 25.7 Å². The minimum Gasteiger partial charge on any atom is -0.176 e. The molecule has 2 heteroatoms. The molecule has 10 atom stereocenters. The number of fused-ring (bicyclic) bond motifs is 5. The number of thiol groups is 1. The van der Waals surface area contributed by atoms with Gasteiger partial charge in [0, 0.05) is 9.17 Å². The van der Waals surface area contributed by atoms with Gasteiger partial charge in [0.2, 0.25) is 0 Å². The van der Waals surface area contributed by atoms with E-state index in [-0.39, 0.29) is 0 Å². The summed E-state index contributed by atoms with van der Waals surface area (Å²) in [6, 6.07) is 0. The van der Waals surface area contributed by atoms with Gasteiger partial charge < -0.3 is 0 Å². The Morgan fingerprint density at radius 1 is 1.22 bits per heavy atom. The molecule has 8 unspecified atom stereocenters. The van der Waals surface area contributed by atoms with Gasteiger partial charge in [-0.25, -0.2) is 0 Å². The van der Waals surface area contributed by atoms with E-state index in [4.69, 9.17) is 12.6 Å². The molecule has 0 amide bonds. The van der Waals surface area contributed by atoms with E-state index >= 15 is 0 Å². The van der Waals surface area contributed by atoms with Gasteiger partial charge in [0.15, 0.2) is 0 Å². The largest absolute Gasteiger partial charge is 0.176 e. The van der Waals surface area contributed by atoms with Gasteiger partial charge in [0.25, 0.3) is 0 Å². The second-order valence-corrected chi connectivity index (χ2v) is 10.3. The SMILES string of the molecule is C[C@@H](S)C12CCC1C13C2C2C4CCCC4[C@]21C3I. The molecule has 6 aliphatic rings. The van der Waals surface area contributed by atoms with Crippen LogP contribution in [-0.2, 0) is 0 Å². The Balaban J connectivity index is 1.50.